The highest BCUT2D eigenvalue weighted by Crippen LogP contribution is 2.26. The predicted molar refractivity (Wildman–Crippen MR) is 105 cm³/mol. The van der Waals surface area contributed by atoms with Gasteiger partial charge in [0.1, 0.15) is 0 Å². The number of aromatic amines is 1. The lowest BCUT2D eigenvalue weighted by Gasteiger charge is -2.14. The summed E-state index contributed by atoms with van der Waals surface area (Å²) in [5, 5.41) is 3.00. The van der Waals surface area contributed by atoms with Crippen LogP contribution in [0, 0.1) is 0 Å². The Labute approximate surface area is 163 Å². The summed E-state index contributed by atoms with van der Waals surface area (Å²) in [6.07, 6.45) is 1.30. The molecule has 0 fully saturated rings. The van der Waals surface area contributed by atoms with Gasteiger partial charge >= 0.3 is 0 Å². The number of anilines is 1. The van der Waals surface area contributed by atoms with Gasteiger partial charge in [0.2, 0.25) is 10.0 Å². The molecular weight excluding hydrogens is 436 g/mol. The lowest BCUT2D eigenvalue weighted by Crippen LogP contribution is -2.23. The Bertz CT molecular complexity index is 1210. The average molecular weight is 451 g/mol. The second-order valence-electron chi connectivity index (χ2n) is 5.85. The van der Waals surface area contributed by atoms with Crippen LogP contribution >= 0.6 is 15.9 Å². The van der Waals surface area contributed by atoms with Crippen molar-refractivity contribution in [2.45, 2.75) is 4.90 Å². The van der Waals surface area contributed by atoms with Crippen molar-refractivity contribution in [2.75, 3.05) is 19.4 Å². The zero-order valence-electron chi connectivity index (χ0n) is 14.4. The molecule has 0 saturated carbocycles. The van der Waals surface area contributed by atoms with E-state index in [-0.39, 0.29) is 16.0 Å². The summed E-state index contributed by atoms with van der Waals surface area (Å²) >= 11 is 3.20. The molecule has 8 nitrogen and oxygen atoms in total. The van der Waals surface area contributed by atoms with Gasteiger partial charge < -0.3 is 10.3 Å². The maximum Gasteiger partial charge on any atom is 0.258 e. The van der Waals surface area contributed by atoms with Crippen molar-refractivity contribution >= 4 is 48.5 Å². The van der Waals surface area contributed by atoms with E-state index in [0.29, 0.717) is 21.1 Å². The summed E-state index contributed by atoms with van der Waals surface area (Å²) in [6.45, 7) is 0. The van der Waals surface area contributed by atoms with Gasteiger partial charge in [-0.15, -0.1) is 0 Å². The third-order valence-corrected chi connectivity index (χ3v) is 6.66. The Morgan fingerprint density at radius 2 is 1.93 bits per heavy atom. The van der Waals surface area contributed by atoms with Gasteiger partial charge in [-0.3, -0.25) is 9.59 Å². The molecule has 0 aliphatic heterocycles. The third kappa shape index (κ3) is 3.77. The molecule has 0 radical (unpaired) electrons. The minimum absolute atomic E-state index is 0.0145. The van der Waals surface area contributed by atoms with Gasteiger partial charge in [-0.2, -0.15) is 0 Å². The fraction of sp³-hybridized carbons (Fsp3) is 0.118. The normalized spacial score (nSPS) is 11.7. The number of carbonyl (C=O) groups is 1. The Balaban J connectivity index is 1.95. The smallest absolute Gasteiger partial charge is 0.258 e. The van der Waals surface area contributed by atoms with Gasteiger partial charge in [0.15, 0.2) is 0 Å². The van der Waals surface area contributed by atoms with E-state index in [1.54, 1.807) is 12.1 Å². The lowest BCUT2D eigenvalue weighted by molar-refractivity contribution is 0.102. The number of sulfonamides is 1. The van der Waals surface area contributed by atoms with Gasteiger partial charge in [0, 0.05) is 29.8 Å². The Kier molecular flexibility index (Phi) is 5.13. The van der Waals surface area contributed by atoms with Crippen LogP contribution in [0.2, 0.25) is 0 Å². The number of aromatic nitrogens is 2. The van der Waals surface area contributed by atoms with Crippen LogP contribution in [0.25, 0.3) is 10.9 Å². The molecule has 0 aliphatic rings. The minimum atomic E-state index is -3.72. The van der Waals surface area contributed by atoms with Crippen LogP contribution in [0.5, 0.6) is 0 Å². The Hall–Kier alpha value is -2.56. The van der Waals surface area contributed by atoms with Crippen molar-refractivity contribution in [3.8, 4) is 0 Å². The van der Waals surface area contributed by atoms with Crippen molar-refractivity contribution in [3.63, 3.8) is 0 Å². The molecule has 3 aromatic rings. The fourth-order valence-corrected chi connectivity index (χ4v) is 4.23. The van der Waals surface area contributed by atoms with E-state index < -0.39 is 15.9 Å². The van der Waals surface area contributed by atoms with Crippen LogP contribution in [0.1, 0.15) is 10.4 Å². The summed E-state index contributed by atoms with van der Waals surface area (Å²) < 4.78 is 26.2. The van der Waals surface area contributed by atoms with E-state index >= 15 is 0 Å². The number of hydrogen-bond donors (Lipinski definition) is 2. The number of carbonyl (C=O) groups excluding carboxylic acids is 1. The van der Waals surface area contributed by atoms with Crippen molar-refractivity contribution in [2.24, 2.45) is 0 Å². The molecule has 1 heterocycles. The Morgan fingerprint density at radius 1 is 1.19 bits per heavy atom. The number of rotatable bonds is 4. The van der Waals surface area contributed by atoms with E-state index in [0.717, 1.165) is 4.31 Å². The van der Waals surface area contributed by atoms with Crippen molar-refractivity contribution < 1.29 is 13.2 Å². The highest BCUT2D eigenvalue weighted by Gasteiger charge is 2.22. The summed E-state index contributed by atoms with van der Waals surface area (Å²) in [4.78, 5) is 30.9. The van der Waals surface area contributed by atoms with Crippen molar-refractivity contribution in [1.29, 1.82) is 0 Å². The van der Waals surface area contributed by atoms with E-state index in [1.807, 2.05) is 0 Å². The summed E-state index contributed by atoms with van der Waals surface area (Å²) in [6, 6.07) is 9.04. The summed E-state index contributed by atoms with van der Waals surface area (Å²) in [5.74, 6) is -0.502. The molecule has 1 amide bonds. The second kappa shape index (κ2) is 7.22. The number of halogens is 1. The molecule has 1 aromatic heterocycles. The number of amides is 1. The van der Waals surface area contributed by atoms with Crippen LogP contribution in [0.4, 0.5) is 5.69 Å². The topological polar surface area (TPSA) is 112 Å². The van der Waals surface area contributed by atoms with Gasteiger partial charge in [0.25, 0.3) is 11.5 Å². The van der Waals surface area contributed by atoms with Crippen LogP contribution < -0.4 is 10.9 Å². The van der Waals surface area contributed by atoms with Crippen molar-refractivity contribution in [3.05, 3.63) is 63.1 Å². The molecule has 2 N–H and O–H groups in total. The summed E-state index contributed by atoms with van der Waals surface area (Å²) in [5.41, 5.74) is 0.739. The molecule has 0 saturated heterocycles. The van der Waals surface area contributed by atoms with E-state index in [9.17, 15) is 18.0 Å². The predicted octanol–water partition coefficient (Wildman–Crippen LogP) is 2.19. The molecule has 0 unspecified atom stereocenters. The van der Waals surface area contributed by atoms with Gasteiger partial charge in [-0.05, 0) is 52.3 Å². The fourth-order valence-electron chi connectivity index (χ4n) is 2.39. The maximum atomic E-state index is 12.6. The summed E-state index contributed by atoms with van der Waals surface area (Å²) in [7, 11) is -0.894. The van der Waals surface area contributed by atoms with Gasteiger partial charge in [-0.25, -0.2) is 17.7 Å². The molecule has 0 spiro atoms. The zero-order chi connectivity index (χ0) is 19.8. The van der Waals surface area contributed by atoms with Crippen molar-refractivity contribution in [1.82, 2.24) is 14.3 Å². The Morgan fingerprint density at radius 3 is 2.63 bits per heavy atom. The number of nitrogens with one attached hydrogen (secondary N) is 2. The van der Waals surface area contributed by atoms with Crippen LogP contribution in [0.15, 0.2) is 56.9 Å². The number of fused-ring (bicyclic) bond motifs is 1. The standard InChI is InChI=1S/C17H15BrN4O4S/c1-22(2)27(25,26)15-7-10(3-5-13(15)18)16(23)21-11-4-6-14-12(8-11)17(24)20-9-19-14/h3-9H,1-2H3,(H,21,23)(H,19,20,24). The molecule has 140 valence electrons. The largest absolute Gasteiger partial charge is 0.322 e. The van der Waals surface area contributed by atoms with Crippen LogP contribution in [-0.4, -0.2) is 42.7 Å². The molecule has 0 atom stereocenters. The first-order valence-corrected chi connectivity index (χ1v) is 9.94. The third-order valence-electron chi connectivity index (χ3n) is 3.85. The minimum Gasteiger partial charge on any atom is -0.322 e. The SMILES string of the molecule is CN(C)S(=O)(=O)c1cc(C(=O)Nc2ccc3nc[nH]c(=O)c3c2)ccc1Br. The first-order chi connectivity index (χ1) is 12.7. The maximum absolute atomic E-state index is 12.6. The first kappa shape index (κ1) is 19.2. The number of nitrogens with zero attached hydrogens (tertiary/aromatic N) is 2. The molecule has 3 rings (SSSR count). The lowest BCUT2D eigenvalue weighted by atomic mass is 10.2. The van der Waals surface area contributed by atoms with E-state index in [1.165, 1.54) is 44.7 Å². The monoisotopic (exact) mass is 450 g/mol. The van der Waals surface area contributed by atoms with E-state index in [2.05, 4.69) is 31.2 Å². The number of benzene rings is 2. The average Bonchev–Trinajstić information content (AvgIpc) is 2.62. The molecule has 2 aromatic carbocycles. The highest BCUT2D eigenvalue weighted by molar-refractivity contribution is 9.10. The zero-order valence-corrected chi connectivity index (χ0v) is 16.8. The second-order valence-corrected chi connectivity index (χ2v) is 8.82. The molecule has 0 bridgehead atoms. The molecule has 27 heavy (non-hydrogen) atoms. The number of hydrogen-bond acceptors (Lipinski definition) is 5. The number of H-pyrrole nitrogens is 1. The highest BCUT2D eigenvalue weighted by atomic mass is 79.9. The van der Waals surface area contributed by atoms with Gasteiger partial charge in [-0.1, -0.05) is 0 Å². The van der Waals surface area contributed by atoms with Crippen LogP contribution in [0.3, 0.4) is 0 Å². The van der Waals surface area contributed by atoms with E-state index in [4.69, 9.17) is 0 Å². The first-order valence-electron chi connectivity index (χ1n) is 7.71. The quantitative estimate of drug-likeness (QED) is 0.632. The van der Waals surface area contributed by atoms with Gasteiger partial charge in [0.05, 0.1) is 22.1 Å². The molecular formula is C17H15BrN4O4S. The molecule has 10 heteroatoms. The van der Waals surface area contributed by atoms with Crippen LogP contribution in [-0.2, 0) is 10.0 Å². The molecule has 0 aliphatic carbocycles.